The minimum absolute atomic E-state index is 0.0158. The summed E-state index contributed by atoms with van der Waals surface area (Å²) in [6.07, 6.45) is 1.52. The Hall–Kier alpha value is -3.67. The van der Waals surface area contributed by atoms with Crippen molar-refractivity contribution in [2.75, 3.05) is 0 Å². The van der Waals surface area contributed by atoms with Gasteiger partial charge in [-0.15, -0.1) is 0 Å². The van der Waals surface area contributed by atoms with Crippen LogP contribution in [0.4, 0.5) is 0 Å². The second kappa shape index (κ2) is 10.5. The number of nitrogens with one attached hydrogen (secondary N) is 1. The number of dihydropyridines is 1. The van der Waals surface area contributed by atoms with Gasteiger partial charge < -0.3 is 9.73 Å². The Balaban J connectivity index is 1.93. The fourth-order valence-electron chi connectivity index (χ4n) is 4.32. The van der Waals surface area contributed by atoms with E-state index in [1.54, 1.807) is 69.3 Å². The van der Waals surface area contributed by atoms with Crippen molar-refractivity contribution >= 4 is 39.8 Å². The smallest absolute Gasteiger partial charge is 0.346 e. The van der Waals surface area contributed by atoms with E-state index >= 15 is 0 Å². The first-order valence-electron chi connectivity index (χ1n) is 11.2. The number of halogens is 2. The largest absolute Gasteiger partial charge is 0.428 e. The van der Waals surface area contributed by atoms with E-state index < -0.39 is 11.5 Å². The maximum Gasteiger partial charge on any atom is 0.346 e. The van der Waals surface area contributed by atoms with Gasteiger partial charge in [0.25, 0.3) is 0 Å². The summed E-state index contributed by atoms with van der Waals surface area (Å²) in [5.41, 5.74) is 2.04. The summed E-state index contributed by atoms with van der Waals surface area (Å²) >= 11 is 13.0. The number of allylic oxidation sites excluding steroid dienone is 5. The highest BCUT2D eigenvalue weighted by Crippen LogP contribution is 2.38. The predicted molar refractivity (Wildman–Crippen MR) is 142 cm³/mol. The van der Waals surface area contributed by atoms with Crippen LogP contribution in [-0.2, 0) is 0 Å². The molecule has 0 aliphatic carbocycles. The Morgan fingerprint density at radius 1 is 0.861 bits per heavy atom. The summed E-state index contributed by atoms with van der Waals surface area (Å²) in [7, 11) is 0. The molecular formula is C29H23Cl2NO4. The fraction of sp³-hybridized carbons (Fsp3) is 0.138. The van der Waals surface area contributed by atoms with Crippen LogP contribution < -0.4 is 10.9 Å². The molecule has 1 aliphatic heterocycles. The summed E-state index contributed by atoms with van der Waals surface area (Å²) in [4.78, 5) is 40.0. The van der Waals surface area contributed by atoms with Gasteiger partial charge in [-0.25, -0.2) is 4.79 Å². The lowest BCUT2D eigenvalue weighted by atomic mass is 9.78. The minimum atomic E-state index is -0.851. The van der Waals surface area contributed by atoms with Gasteiger partial charge in [0, 0.05) is 39.6 Å². The van der Waals surface area contributed by atoms with E-state index in [4.69, 9.17) is 27.6 Å². The van der Waals surface area contributed by atoms with E-state index in [0.717, 1.165) is 0 Å². The molecule has 0 spiro atoms. The van der Waals surface area contributed by atoms with E-state index in [2.05, 4.69) is 5.32 Å². The summed E-state index contributed by atoms with van der Waals surface area (Å²) in [5, 5.41) is 3.29. The molecule has 0 atom stereocenters. The topological polar surface area (TPSA) is 76.4 Å². The van der Waals surface area contributed by atoms with Crippen molar-refractivity contribution in [2.24, 2.45) is 5.92 Å². The number of carbonyl (C=O) groups is 2. The standard InChI is InChI=1S/C29H23Cl2NO4/c1-16-14-22(30)26(29(35)36-16)23(31)15-21-24(27(33)19-10-6-4-7-11-19)17(2)32-18(3)25(21)28(34)20-12-8-5-9-13-20/h4-15,21,32H,1-3H3/b23-15-. The molecule has 36 heavy (non-hydrogen) atoms. The van der Waals surface area contributed by atoms with Crippen molar-refractivity contribution < 1.29 is 14.0 Å². The van der Waals surface area contributed by atoms with E-state index in [1.165, 1.54) is 12.1 Å². The maximum atomic E-state index is 13.7. The molecule has 3 aromatic rings. The molecular weight excluding hydrogens is 497 g/mol. The van der Waals surface area contributed by atoms with E-state index in [9.17, 15) is 14.4 Å². The van der Waals surface area contributed by atoms with E-state index in [-0.39, 0.29) is 27.2 Å². The molecule has 0 unspecified atom stereocenters. The Labute approximate surface area is 218 Å². The fourth-order valence-corrected chi connectivity index (χ4v) is 5.01. The third-order valence-electron chi connectivity index (χ3n) is 5.94. The quantitative estimate of drug-likeness (QED) is 0.366. The lowest BCUT2D eigenvalue weighted by molar-refractivity contribution is 0.101. The summed E-state index contributed by atoms with van der Waals surface area (Å²) < 4.78 is 5.19. The first-order chi connectivity index (χ1) is 17.2. The minimum Gasteiger partial charge on any atom is -0.428 e. The van der Waals surface area contributed by atoms with Crippen molar-refractivity contribution in [3.8, 4) is 0 Å². The monoisotopic (exact) mass is 519 g/mol. The number of hydrogen-bond acceptors (Lipinski definition) is 5. The SMILES string of the molecule is CC1=C(C(=O)c2ccccc2)C(/C=C(\Cl)c2c(Cl)cc(C)oc2=O)C(C(=O)c2ccccc2)=C(C)N1. The van der Waals surface area contributed by atoms with Gasteiger partial charge in [-0.3, -0.25) is 9.59 Å². The normalized spacial score (nSPS) is 14.6. The van der Waals surface area contributed by atoms with Gasteiger partial charge in [0.1, 0.15) is 5.76 Å². The maximum absolute atomic E-state index is 13.7. The van der Waals surface area contributed by atoms with Crippen LogP contribution in [0.15, 0.2) is 105 Å². The van der Waals surface area contributed by atoms with Crippen LogP contribution in [0, 0.1) is 12.8 Å². The molecule has 0 saturated heterocycles. The molecule has 4 rings (SSSR count). The van der Waals surface area contributed by atoms with Crippen molar-refractivity contribution in [3.05, 3.63) is 133 Å². The van der Waals surface area contributed by atoms with Crippen molar-refractivity contribution in [2.45, 2.75) is 20.8 Å². The van der Waals surface area contributed by atoms with Crippen LogP contribution in [0.1, 0.15) is 45.9 Å². The summed E-state index contributed by atoms with van der Waals surface area (Å²) in [5.74, 6) is -1.04. The van der Waals surface area contributed by atoms with Crippen LogP contribution in [0.5, 0.6) is 0 Å². The molecule has 5 nitrogen and oxygen atoms in total. The number of benzene rings is 2. The van der Waals surface area contributed by atoms with Gasteiger partial charge in [0.05, 0.1) is 15.6 Å². The molecule has 2 heterocycles. The first kappa shape index (κ1) is 25.4. The highest BCUT2D eigenvalue weighted by Gasteiger charge is 2.35. The second-order valence-electron chi connectivity index (χ2n) is 8.45. The number of rotatable bonds is 6. The van der Waals surface area contributed by atoms with Gasteiger partial charge >= 0.3 is 5.63 Å². The van der Waals surface area contributed by atoms with Crippen molar-refractivity contribution in [1.82, 2.24) is 5.32 Å². The highest BCUT2D eigenvalue weighted by molar-refractivity contribution is 6.50. The average molecular weight is 520 g/mol. The highest BCUT2D eigenvalue weighted by atomic mass is 35.5. The first-order valence-corrected chi connectivity index (χ1v) is 12.0. The number of hydrogen-bond donors (Lipinski definition) is 1. The molecule has 0 amide bonds. The zero-order valence-electron chi connectivity index (χ0n) is 19.9. The second-order valence-corrected chi connectivity index (χ2v) is 9.27. The molecule has 1 N–H and O–H groups in total. The molecule has 1 aliphatic rings. The van der Waals surface area contributed by atoms with Crippen molar-refractivity contribution in [3.63, 3.8) is 0 Å². The van der Waals surface area contributed by atoms with Gasteiger partial charge in [-0.1, -0.05) is 89.9 Å². The average Bonchev–Trinajstić information content (AvgIpc) is 2.84. The molecule has 0 fully saturated rings. The summed E-state index contributed by atoms with van der Waals surface area (Å²) in [6.45, 7) is 5.14. The Bertz CT molecular complexity index is 1430. The zero-order chi connectivity index (χ0) is 26.0. The molecule has 2 aromatic carbocycles. The number of aryl methyl sites for hydroxylation is 1. The molecule has 0 radical (unpaired) electrons. The van der Waals surface area contributed by atoms with Crippen LogP contribution in [0.25, 0.3) is 5.03 Å². The molecule has 0 bridgehead atoms. The van der Waals surface area contributed by atoms with Gasteiger partial charge in [-0.05, 0) is 26.8 Å². The van der Waals surface area contributed by atoms with Gasteiger partial charge in [0.15, 0.2) is 11.6 Å². The van der Waals surface area contributed by atoms with E-state index in [0.29, 0.717) is 39.4 Å². The third kappa shape index (κ3) is 4.99. The van der Waals surface area contributed by atoms with Crippen LogP contribution in [-0.4, -0.2) is 11.6 Å². The van der Waals surface area contributed by atoms with Crippen LogP contribution >= 0.6 is 23.2 Å². The number of ketones is 2. The third-order valence-corrected chi connectivity index (χ3v) is 6.56. The Morgan fingerprint density at radius 3 is 1.78 bits per heavy atom. The van der Waals surface area contributed by atoms with Crippen LogP contribution in [0.2, 0.25) is 5.02 Å². The van der Waals surface area contributed by atoms with E-state index in [1.807, 2.05) is 12.1 Å². The van der Waals surface area contributed by atoms with Crippen molar-refractivity contribution in [1.29, 1.82) is 0 Å². The predicted octanol–water partition coefficient (Wildman–Crippen LogP) is 6.71. The molecule has 0 saturated carbocycles. The lowest BCUT2D eigenvalue weighted by Crippen LogP contribution is -2.31. The molecule has 1 aromatic heterocycles. The molecule has 182 valence electrons. The van der Waals surface area contributed by atoms with Crippen LogP contribution in [0.3, 0.4) is 0 Å². The van der Waals surface area contributed by atoms with Gasteiger partial charge in [-0.2, -0.15) is 0 Å². The lowest BCUT2D eigenvalue weighted by Gasteiger charge is -2.30. The zero-order valence-corrected chi connectivity index (χ0v) is 21.4. The number of carbonyl (C=O) groups excluding carboxylic acids is 2. The summed E-state index contributed by atoms with van der Waals surface area (Å²) in [6, 6.07) is 19.0. The number of Topliss-reactive ketones (excluding diaryl/α,β-unsaturated/α-hetero) is 2. The Morgan fingerprint density at radius 2 is 1.33 bits per heavy atom. The molecule has 7 heteroatoms. The van der Waals surface area contributed by atoms with Gasteiger partial charge in [0.2, 0.25) is 0 Å². The Kier molecular flexibility index (Phi) is 7.43.